The number of aryl methyl sites for hydroxylation is 2. The summed E-state index contributed by atoms with van der Waals surface area (Å²) < 4.78 is 1.68. The summed E-state index contributed by atoms with van der Waals surface area (Å²) in [5, 5.41) is 5.74. The molecule has 0 bridgehead atoms. The summed E-state index contributed by atoms with van der Waals surface area (Å²) >= 11 is 14.1. The number of rotatable bonds is 6. The minimum atomic E-state index is 0.0895. The summed E-state index contributed by atoms with van der Waals surface area (Å²) in [4.78, 5) is 1.05. The van der Waals surface area contributed by atoms with E-state index in [0.29, 0.717) is 5.15 Å². The summed E-state index contributed by atoms with van der Waals surface area (Å²) in [6, 6.07) is 7.87. The monoisotopic (exact) mass is 344 g/mol. The zero-order chi connectivity index (χ0) is 15.4. The van der Waals surface area contributed by atoms with Crippen LogP contribution in [0.15, 0.2) is 29.2 Å². The van der Waals surface area contributed by atoms with Crippen molar-refractivity contribution < 1.29 is 0 Å². The van der Waals surface area contributed by atoms with E-state index in [1.807, 2.05) is 38.2 Å². The first kappa shape index (κ1) is 16.6. The molecule has 0 radical (unpaired) electrons. The molecule has 114 valence electrons. The Bertz CT molecular complexity index is 615. The Morgan fingerprint density at radius 1 is 1.38 bits per heavy atom. The second kappa shape index (κ2) is 7.51. The highest BCUT2D eigenvalue weighted by Crippen LogP contribution is 2.28. The van der Waals surface area contributed by atoms with Crippen molar-refractivity contribution in [2.45, 2.75) is 24.3 Å². The number of nitrogens with two attached hydrogens (primary N) is 1. The molecule has 0 amide bonds. The molecule has 2 aromatic rings. The molecule has 0 aliphatic carbocycles. The fourth-order valence-electron chi connectivity index (χ4n) is 2.07. The van der Waals surface area contributed by atoms with Gasteiger partial charge in [0.05, 0.1) is 10.7 Å². The highest BCUT2D eigenvalue weighted by Gasteiger charge is 2.17. The lowest BCUT2D eigenvalue weighted by Gasteiger charge is -2.16. The van der Waals surface area contributed by atoms with Gasteiger partial charge in [-0.15, -0.1) is 11.8 Å². The van der Waals surface area contributed by atoms with Crippen LogP contribution in [0, 0.1) is 6.92 Å². The molecule has 3 N–H and O–H groups in total. The van der Waals surface area contributed by atoms with Crippen LogP contribution in [-0.2, 0) is 13.5 Å². The van der Waals surface area contributed by atoms with Crippen molar-refractivity contribution in [2.24, 2.45) is 12.9 Å². The minimum absolute atomic E-state index is 0.0895. The number of hydrazine groups is 1. The highest BCUT2D eigenvalue weighted by molar-refractivity contribution is 7.99. The van der Waals surface area contributed by atoms with Crippen LogP contribution < -0.4 is 11.3 Å². The summed E-state index contributed by atoms with van der Waals surface area (Å²) in [6.07, 6.45) is 0.729. The first-order valence-corrected chi connectivity index (χ1v) is 8.28. The zero-order valence-corrected chi connectivity index (χ0v) is 14.3. The number of benzene rings is 1. The Morgan fingerprint density at radius 3 is 2.67 bits per heavy atom. The van der Waals surface area contributed by atoms with Crippen molar-refractivity contribution in [2.75, 3.05) is 5.75 Å². The largest absolute Gasteiger partial charge is 0.271 e. The number of nitrogens with zero attached hydrogens (tertiary/aromatic N) is 2. The number of nitrogens with one attached hydrogen (secondary N) is 1. The minimum Gasteiger partial charge on any atom is -0.271 e. The summed E-state index contributed by atoms with van der Waals surface area (Å²) in [7, 11) is 1.84. The lowest BCUT2D eigenvalue weighted by molar-refractivity contribution is 0.574. The van der Waals surface area contributed by atoms with Gasteiger partial charge in [-0.25, -0.2) is 0 Å². The Kier molecular flexibility index (Phi) is 5.96. The SMILES string of the molecule is Cc1nn(C)c(Cl)c1CC(CSc1ccccc1Cl)NN. The topological polar surface area (TPSA) is 55.9 Å². The Morgan fingerprint density at radius 2 is 2.10 bits per heavy atom. The molecule has 21 heavy (non-hydrogen) atoms. The molecule has 1 atom stereocenters. The third-order valence-electron chi connectivity index (χ3n) is 3.23. The predicted octanol–water partition coefficient (Wildman–Crippen LogP) is 3.20. The molecular weight excluding hydrogens is 327 g/mol. The molecule has 1 aromatic heterocycles. The van der Waals surface area contributed by atoms with Crippen LogP contribution in [0.3, 0.4) is 0 Å². The first-order chi connectivity index (χ1) is 10.0. The Balaban J connectivity index is 2.02. The molecule has 0 saturated heterocycles. The standard InChI is InChI=1S/C14H18Cl2N4S/c1-9-11(14(16)20(2)19-9)7-10(18-17)8-21-13-6-4-3-5-12(13)15/h3-6,10,18H,7-8,17H2,1-2H3. The van der Waals surface area contributed by atoms with E-state index in [-0.39, 0.29) is 6.04 Å². The van der Waals surface area contributed by atoms with E-state index in [0.717, 1.165) is 33.3 Å². The van der Waals surface area contributed by atoms with Crippen LogP contribution in [0.25, 0.3) is 0 Å². The Hall–Kier alpha value is -0.720. The van der Waals surface area contributed by atoms with Crippen LogP contribution in [0.5, 0.6) is 0 Å². The van der Waals surface area contributed by atoms with Crippen molar-refractivity contribution in [3.8, 4) is 0 Å². The van der Waals surface area contributed by atoms with Gasteiger partial charge >= 0.3 is 0 Å². The van der Waals surface area contributed by atoms with E-state index in [2.05, 4.69) is 10.5 Å². The third kappa shape index (κ3) is 4.14. The Labute approximate surface area is 139 Å². The van der Waals surface area contributed by atoms with Gasteiger partial charge in [0.15, 0.2) is 0 Å². The molecule has 0 aliphatic heterocycles. The predicted molar refractivity (Wildman–Crippen MR) is 89.9 cm³/mol. The van der Waals surface area contributed by atoms with Crippen molar-refractivity contribution in [1.29, 1.82) is 0 Å². The molecular formula is C14H18Cl2N4S. The number of aromatic nitrogens is 2. The maximum atomic E-state index is 6.26. The van der Waals surface area contributed by atoms with Crippen LogP contribution in [0.1, 0.15) is 11.3 Å². The fourth-order valence-corrected chi connectivity index (χ4v) is 3.60. The maximum absolute atomic E-state index is 6.26. The molecule has 1 heterocycles. The fraction of sp³-hybridized carbons (Fsp3) is 0.357. The smallest absolute Gasteiger partial charge is 0.130 e. The quantitative estimate of drug-likeness (QED) is 0.480. The number of hydrogen-bond acceptors (Lipinski definition) is 4. The van der Waals surface area contributed by atoms with Crippen LogP contribution in [0.4, 0.5) is 0 Å². The van der Waals surface area contributed by atoms with E-state index < -0.39 is 0 Å². The summed E-state index contributed by atoms with van der Waals surface area (Å²) in [5.41, 5.74) is 4.81. The summed E-state index contributed by atoms with van der Waals surface area (Å²) in [5.74, 6) is 6.46. The molecule has 0 saturated carbocycles. The maximum Gasteiger partial charge on any atom is 0.130 e. The molecule has 7 heteroatoms. The van der Waals surface area contributed by atoms with Crippen molar-refractivity contribution in [3.05, 3.63) is 45.7 Å². The highest BCUT2D eigenvalue weighted by atomic mass is 35.5. The average molecular weight is 345 g/mol. The zero-order valence-electron chi connectivity index (χ0n) is 11.9. The van der Waals surface area contributed by atoms with Gasteiger partial charge in [0.25, 0.3) is 0 Å². The van der Waals surface area contributed by atoms with Gasteiger partial charge in [0.2, 0.25) is 0 Å². The molecule has 2 rings (SSSR count). The first-order valence-electron chi connectivity index (χ1n) is 6.54. The normalized spacial score (nSPS) is 12.6. The molecule has 0 spiro atoms. The third-order valence-corrected chi connectivity index (χ3v) is 5.38. The number of thioether (sulfide) groups is 1. The van der Waals surface area contributed by atoms with Crippen LogP contribution >= 0.6 is 35.0 Å². The van der Waals surface area contributed by atoms with Crippen molar-refractivity contribution >= 4 is 35.0 Å². The van der Waals surface area contributed by atoms with Crippen molar-refractivity contribution in [1.82, 2.24) is 15.2 Å². The van der Waals surface area contributed by atoms with Crippen LogP contribution in [-0.4, -0.2) is 21.6 Å². The van der Waals surface area contributed by atoms with Gasteiger partial charge in [-0.05, 0) is 25.5 Å². The van der Waals surface area contributed by atoms with Gasteiger partial charge in [-0.1, -0.05) is 35.3 Å². The summed E-state index contributed by atoms with van der Waals surface area (Å²) in [6.45, 7) is 1.95. The van der Waals surface area contributed by atoms with E-state index in [1.165, 1.54) is 0 Å². The number of halogens is 2. The molecule has 4 nitrogen and oxygen atoms in total. The van der Waals surface area contributed by atoms with E-state index in [1.54, 1.807) is 16.4 Å². The van der Waals surface area contributed by atoms with E-state index in [4.69, 9.17) is 29.0 Å². The molecule has 0 aliphatic rings. The van der Waals surface area contributed by atoms with Gasteiger partial charge in [0, 0.05) is 29.3 Å². The second-order valence-electron chi connectivity index (χ2n) is 4.79. The van der Waals surface area contributed by atoms with Gasteiger partial charge in [-0.2, -0.15) is 5.10 Å². The van der Waals surface area contributed by atoms with Gasteiger partial charge in [-0.3, -0.25) is 16.0 Å². The van der Waals surface area contributed by atoms with Crippen LogP contribution in [0.2, 0.25) is 10.2 Å². The molecule has 1 unspecified atom stereocenters. The second-order valence-corrected chi connectivity index (χ2v) is 6.61. The lowest BCUT2D eigenvalue weighted by atomic mass is 10.1. The average Bonchev–Trinajstić information content (AvgIpc) is 2.70. The van der Waals surface area contributed by atoms with E-state index in [9.17, 15) is 0 Å². The molecule has 1 aromatic carbocycles. The van der Waals surface area contributed by atoms with Crippen molar-refractivity contribution in [3.63, 3.8) is 0 Å². The molecule has 0 fully saturated rings. The van der Waals surface area contributed by atoms with Gasteiger partial charge < -0.3 is 0 Å². The van der Waals surface area contributed by atoms with E-state index >= 15 is 0 Å². The number of hydrogen-bond donors (Lipinski definition) is 2. The lowest BCUT2D eigenvalue weighted by Crippen LogP contribution is -2.38. The van der Waals surface area contributed by atoms with Gasteiger partial charge in [0.1, 0.15) is 5.15 Å².